The summed E-state index contributed by atoms with van der Waals surface area (Å²) >= 11 is 0. The molecule has 0 radical (unpaired) electrons. The van der Waals surface area contributed by atoms with Crippen molar-refractivity contribution < 1.29 is 22.7 Å². The van der Waals surface area contributed by atoms with Crippen LogP contribution in [0.2, 0.25) is 0 Å². The Bertz CT molecular complexity index is 535. The molecule has 0 aliphatic carbocycles. The van der Waals surface area contributed by atoms with Crippen LogP contribution in [0, 0.1) is 5.92 Å². The van der Waals surface area contributed by atoms with Crippen LogP contribution in [0.15, 0.2) is 18.3 Å². The van der Waals surface area contributed by atoms with E-state index in [9.17, 15) is 18.0 Å². The predicted molar refractivity (Wildman–Crippen MR) is 78.3 cm³/mol. The molecule has 1 saturated heterocycles. The highest BCUT2D eigenvalue weighted by Gasteiger charge is 2.31. The zero-order chi connectivity index (χ0) is 16.9. The van der Waals surface area contributed by atoms with Gasteiger partial charge in [0, 0.05) is 19.3 Å². The van der Waals surface area contributed by atoms with E-state index in [-0.39, 0.29) is 17.4 Å². The van der Waals surface area contributed by atoms with Crippen LogP contribution in [-0.2, 0) is 0 Å². The lowest BCUT2D eigenvalue weighted by molar-refractivity contribution is -0.153. The molecule has 1 aromatic rings. The molecule has 5 nitrogen and oxygen atoms in total. The Balaban J connectivity index is 2.09. The van der Waals surface area contributed by atoms with Gasteiger partial charge in [-0.25, -0.2) is 4.98 Å². The Morgan fingerprint density at radius 2 is 2.30 bits per heavy atom. The van der Waals surface area contributed by atoms with Crippen LogP contribution in [-0.4, -0.2) is 55.3 Å². The molecule has 1 N–H and O–H groups in total. The van der Waals surface area contributed by atoms with Gasteiger partial charge in [-0.15, -0.1) is 0 Å². The van der Waals surface area contributed by atoms with E-state index in [4.69, 9.17) is 4.74 Å². The summed E-state index contributed by atoms with van der Waals surface area (Å²) in [5.41, 5.74) is -0.0677. The average molecular weight is 331 g/mol. The summed E-state index contributed by atoms with van der Waals surface area (Å²) < 4.78 is 41.7. The number of carbonyl (C=O) groups excluding carboxylic acids is 1. The summed E-state index contributed by atoms with van der Waals surface area (Å²) in [5.74, 6) is -0.185. The van der Waals surface area contributed by atoms with Crippen molar-refractivity contribution >= 4 is 5.91 Å². The minimum absolute atomic E-state index is 0.0677. The Morgan fingerprint density at radius 3 is 3.00 bits per heavy atom. The molecule has 1 aromatic heterocycles. The van der Waals surface area contributed by atoms with Gasteiger partial charge in [0.1, 0.15) is 0 Å². The number of nitrogens with zero attached hydrogens (tertiary/aromatic N) is 2. The van der Waals surface area contributed by atoms with Gasteiger partial charge < -0.3 is 15.0 Å². The normalized spacial score (nSPS) is 18.8. The molecule has 0 bridgehead atoms. The second-order valence-electron chi connectivity index (χ2n) is 5.57. The zero-order valence-electron chi connectivity index (χ0n) is 12.9. The monoisotopic (exact) mass is 331 g/mol. The molecule has 0 unspecified atom stereocenters. The molecule has 0 spiro atoms. The minimum atomic E-state index is -4.46. The largest absolute Gasteiger partial charge is 0.482 e. The molecule has 1 amide bonds. The third kappa shape index (κ3) is 5.09. The Hall–Kier alpha value is -1.83. The summed E-state index contributed by atoms with van der Waals surface area (Å²) in [6.45, 7) is 0.494. The van der Waals surface area contributed by atoms with E-state index in [0.29, 0.717) is 19.0 Å². The van der Waals surface area contributed by atoms with Gasteiger partial charge in [0.05, 0.1) is 0 Å². The molecule has 23 heavy (non-hydrogen) atoms. The quantitative estimate of drug-likeness (QED) is 0.898. The molecule has 1 atom stereocenters. The topological polar surface area (TPSA) is 54.5 Å². The van der Waals surface area contributed by atoms with E-state index in [1.165, 1.54) is 18.3 Å². The number of nitrogens with one attached hydrogen (secondary N) is 1. The van der Waals surface area contributed by atoms with E-state index in [1.807, 2.05) is 7.05 Å². The number of alkyl halides is 3. The fraction of sp³-hybridized carbons (Fsp3) is 0.600. The number of halogens is 3. The molecular weight excluding hydrogens is 311 g/mol. The zero-order valence-corrected chi connectivity index (χ0v) is 12.9. The van der Waals surface area contributed by atoms with Crippen molar-refractivity contribution in [3.8, 4) is 5.75 Å². The van der Waals surface area contributed by atoms with Gasteiger partial charge in [-0.05, 0) is 44.5 Å². The Kier molecular flexibility index (Phi) is 5.81. The molecule has 0 aromatic carbocycles. The first-order valence-corrected chi connectivity index (χ1v) is 7.49. The molecular formula is C15H20F3N3O2. The second-order valence-corrected chi connectivity index (χ2v) is 5.57. The van der Waals surface area contributed by atoms with E-state index in [2.05, 4.69) is 10.3 Å². The van der Waals surface area contributed by atoms with Crippen LogP contribution in [0.3, 0.4) is 0 Å². The highest BCUT2D eigenvalue weighted by molar-refractivity contribution is 5.95. The second kappa shape index (κ2) is 7.63. The maximum Gasteiger partial charge on any atom is 0.422 e. The van der Waals surface area contributed by atoms with Crippen LogP contribution >= 0.6 is 0 Å². The van der Waals surface area contributed by atoms with E-state index in [1.54, 1.807) is 4.90 Å². The number of amides is 1. The molecule has 2 heterocycles. The van der Waals surface area contributed by atoms with Gasteiger partial charge in [0.25, 0.3) is 5.91 Å². The first-order chi connectivity index (χ1) is 10.9. The third-order valence-corrected chi connectivity index (χ3v) is 3.66. The van der Waals surface area contributed by atoms with Gasteiger partial charge in [0.2, 0.25) is 0 Å². The van der Waals surface area contributed by atoms with Gasteiger partial charge in [-0.2, -0.15) is 13.2 Å². The van der Waals surface area contributed by atoms with Crippen LogP contribution in [0.1, 0.15) is 23.3 Å². The molecule has 2 rings (SSSR count). The maximum absolute atomic E-state index is 12.6. The number of likely N-dealkylation sites (tertiary alicyclic amines) is 1. The fourth-order valence-corrected chi connectivity index (χ4v) is 2.68. The van der Waals surface area contributed by atoms with Crippen molar-refractivity contribution in [3.63, 3.8) is 0 Å². The lowest BCUT2D eigenvalue weighted by Gasteiger charge is -2.32. The van der Waals surface area contributed by atoms with Gasteiger partial charge >= 0.3 is 6.18 Å². The van der Waals surface area contributed by atoms with Gasteiger partial charge in [-0.3, -0.25) is 4.79 Å². The molecule has 1 aliphatic heterocycles. The first-order valence-electron chi connectivity index (χ1n) is 7.49. The minimum Gasteiger partial charge on any atom is -0.482 e. The van der Waals surface area contributed by atoms with Crippen LogP contribution in [0.4, 0.5) is 13.2 Å². The van der Waals surface area contributed by atoms with Crippen molar-refractivity contribution in [2.75, 3.05) is 33.3 Å². The van der Waals surface area contributed by atoms with Crippen LogP contribution in [0.5, 0.6) is 5.75 Å². The number of pyridine rings is 1. The summed E-state index contributed by atoms with van der Waals surface area (Å²) in [5, 5.41) is 3.08. The summed E-state index contributed by atoms with van der Waals surface area (Å²) in [7, 11) is 1.85. The number of aromatic nitrogens is 1. The standard InChI is InChI=1S/C15H20F3N3O2/c1-19-8-11-4-3-7-21(9-11)14(22)13-12(5-2-6-20-13)23-10-15(16,17)18/h2,5-6,11,19H,3-4,7-10H2,1H3/t11-/m0/s1. The summed E-state index contributed by atoms with van der Waals surface area (Å²) in [4.78, 5) is 18.1. The Morgan fingerprint density at radius 1 is 1.52 bits per heavy atom. The summed E-state index contributed by atoms with van der Waals surface area (Å²) in [6.07, 6.45) is -1.20. The fourth-order valence-electron chi connectivity index (χ4n) is 2.68. The van der Waals surface area contributed by atoms with Crippen LogP contribution < -0.4 is 10.1 Å². The maximum atomic E-state index is 12.6. The highest BCUT2D eigenvalue weighted by Crippen LogP contribution is 2.24. The number of carbonyl (C=O) groups is 1. The summed E-state index contributed by atoms with van der Waals surface area (Å²) in [6, 6.07) is 2.78. The van der Waals surface area contributed by atoms with E-state index >= 15 is 0 Å². The molecule has 8 heteroatoms. The number of ether oxygens (including phenoxy) is 1. The molecule has 1 fully saturated rings. The first kappa shape index (κ1) is 17.5. The number of rotatable bonds is 5. The van der Waals surface area contributed by atoms with Crippen molar-refractivity contribution in [1.82, 2.24) is 15.2 Å². The van der Waals surface area contributed by atoms with Gasteiger partial charge in [-0.1, -0.05) is 0 Å². The predicted octanol–water partition coefficient (Wildman–Crippen LogP) is 2.09. The van der Waals surface area contributed by atoms with Crippen molar-refractivity contribution in [1.29, 1.82) is 0 Å². The number of piperidine rings is 1. The molecule has 1 aliphatic rings. The van der Waals surface area contributed by atoms with Crippen molar-refractivity contribution in [2.45, 2.75) is 19.0 Å². The Labute approximate surface area is 132 Å². The van der Waals surface area contributed by atoms with Crippen molar-refractivity contribution in [3.05, 3.63) is 24.0 Å². The van der Waals surface area contributed by atoms with Crippen molar-refractivity contribution in [2.24, 2.45) is 5.92 Å². The van der Waals surface area contributed by atoms with Gasteiger partial charge in [0.15, 0.2) is 18.1 Å². The van der Waals surface area contributed by atoms with E-state index < -0.39 is 12.8 Å². The molecule has 128 valence electrons. The SMILES string of the molecule is CNC[C@@H]1CCCN(C(=O)c2ncccc2OCC(F)(F)F)C1. The lowest BCUT2D eigenvalue weighted by Crippen LogP contribution is -2.42. The number of hydrogen-bond donors (Lipinski definition) is 1. The lowest BCUT2D eigenvalue weighted by atomic mass is 9.97. The highest BCUT2D eigenvalue weighted by atomic mass is 19.4. The average Bonchev–Trinajstić information content (AvgIpc) is 2.52. The number of hydrogen-bond acceptors (Lipinski definition) is 4. The smallest absolute Gasteiger partial charge is 0.422 e. The van der Waals surface area contributed by atoms with Crippen LogP contribution in [0.25, 0.3) is 0 Å². The molecule has 0 saturated carbocycles. The third-order valence-electron chi connectivity index (χ3n) is 3.66. The van der Waals surface area contributed by atoms with E-state index in [0.717, 1.165) is 19.4 Å².